The predicted octanol–water partition coefficient (Wildman–Crippen LogP) is 5.26. The summed E-state index contributed by atoms with van der Waals surface area (Å²) < 4.78 is 1.92. The maximum absolute atomic E-state index is 12.7. The molecule has 2 aromatic heterocycles. The van der Waals surface area contributed by atoms with Gasteiger partial charge in [0.15, 0.2) is 16.1 Å². The summed E-state index contributed by atoms with van der Waals surface area (Å²) in [4.78, 5) is 30.9. The molecule has 2 N–H and O–H groups in total. The average molecular weight is 521 g/mol. The Morgan fingerprint density at radius 1 is 1.08 bits per heavy atom. The minimum atomic E-state index is -0.344. The van der Waals surface area contributed by atoms with E-state index in [1.807, 2.05) is 80.8 Å². The molecular formula is C26H28N6O2S2. The number of hydrogen-bond donors (Lipinski definition) is 2. The van der Waals surface area contributed by atoms with E-state index in [0.717, 1.165) is 21.7 Å². The second kappa shape index (κ2) is 11.5. The third-order valence-electron chi connectivity index (χ3n) is 5.50. The number of thiazole rings is 1. The quantitative estimate of drug-likeness (QED) is 0.292. The summed E-state index contributed by atoms with van der Waals surface area (Å²) in [7, 11) is 0. The minimum Gasteiger partial charge on any atom is -0.342 e. The topological polar surface area (TPSA) is 102 Å². The van der Waals surface area contributed by atoms with Crippen molar-refractivity contribution in [1.82, 2.24) is 25.1 Å². The number of nitrogens with zero attached hydrogens (tertiary/aromatic N) is 4. The van der Waals surface area contributed by atoms with E-state index in [1.54, 1.807) is 6.07 Å². The zero-order chi connectivity index (χ0) is 25.7. The summed E-state index contributed by atoms with van der Waals surface area (Å²) in [6.45, 7) is 8.42. The number of carbonyl (C=O) groups excluding carboxylic acids is 2. The van der Waals surface area contributed by atoms with Gasteiger partial charge in [0.05, 0.1) is 17.5 Å². The molecule has 10 heteroatoms. The van der Waals surface area contributed by atoms with Crippen LogP contribution in [-0.2, 0) is 11.3 Å². The van der Waals surface area contributed by atoms with Crippen LogP contribution in [0.4, 0.5) is 5.13 Å². The molecule has 2 aromatic carbocycles. The third-order valence-corrected chi connectivity index (χ3v) is 7.35. The molecule has 4 aromatic rings. The van der Waals surface area contributed by atoms with E-state index < -0.39 is 0 Å². The third kappa shape index (κ3) is 6.00. The summed E-state index contributed by atoms with van der Waals surface area (Å²) in [5.74, 6) is 0.478. The molecule has 0 fully saturated rings. The number of anilines is 1. The number of nitrogens with one attached hydrogen (secondary N) is 2. The van der Waals surface area contributed by atoms with Crippen LogP contribution in [0.15, 0.2) is 59.8 Å². The Balaban J connectivity index is 1.37. The summed E-state index contributed by atoms with van der Waals surface area (Å²) in [5, 5.41) is 15.6. The molecular weight excluding hydrogens is 492 g/mol. The molecule has 0 bridgehead atoms. The summed E-state index contributed by atoms with van der Waals surface area (Å²) in [6.07, 6.45) is 0. The van der Waals surface area contributed by atoms with E-state index in [0.29, 0.717) is 28.2 Å². The van der Waals surface area contributed by atoms with E-state index in [1.165, 1.54) is 23.1 Å². The van der Waals surface area contributed by atoms with Gasteiger partial charge in [-0.05, 0) is 39.8 Å². The van der Waals surface area contributed by atoms with Crippen LogP contribution in [0.25, 0.3) is 11.3 Å². The second-order valence-electron chi connectivity index (χ2n) is 8.28. The van der Waals surface area contributed by atoms with Crippen molar-refractivity contribution < 1.29 is 9.59 Å². The van der Waals surface area contributed by atoms with Gasteiger partial charge in [0.1, 0.15) is 0 Å². The fraction of sp³-hybridized carbons (Fsp3) is 0.269. The molecule has 0 aliphatic rings. The average Bonchev–Trinajstić information content (AvgIpc) is 3.45. The van der Waals surface area contributed by atoms with Gasteiger partial charge >= 0.3 is 0 Å². The molecule has 8 nitrogen and oxygen atoms in total. The highest BCUT2D eigenvalue weighted by atomic mass is 32.2. The number of aromatic nitrogens is 4. The minimum absolute atomic E-state index is 0.165. The normalized spacial score (nSPS) is 11.8. The lowest BCUT2D eigenvalue weighted by Gasteiger charge is -2.15. The highest BCUT2D eigenvalue weighted by Crippen LogP contribution is 2.30. The number of thioether (sulfide) groups is 1. The smallest absolute Gasteiger partial charge is 0.251 e. The van der Waals surface area contributed by atoms with E-state index in [-0.39, 0.29) is 23.6 Å². The number of benzene rings is 2. The number of amides is 2. The Morgan fingerprint density at radius 2 is 1.86 bits per heavy atom. The van der Waals surface area contributed by atoms with Crippen LogP contribution in [0.2, 0.25) is 0 Å². The molecule has 0 aliphatic heterocycles. The van der Waals surface area contributed by atoms with Gasteiger partial charge in [0.25, 0.3) is 5.91 Å². The molecule has 0 unspecified atom stereocenters. The first-order valence-corrected chi connectivity index (χ1v) is 13.4. The van der Waals surface area contributed by atoms with Gasteiger partial charge in [0, 0.05) is 22.5 Å². The van der Waals surface area contributed by atoms with Crippen LogP contribution in [0, 0.1) is 13.8 Å². The SMILES string of the molecule is CCn1c(SCC(=O)Nc2nc(-c3ccccc3)c(C)s2)nnc1[C@H](C)NC(=O)c1cccc(C)c1. The molecule has 0 saturated carbocycles. The Kier molecular flexibility index (Phi) is 8.17. The van der Waals surface area contributed by atoms with Crippen molar-refractivity contribution in [3.63, 3.8) is 0 Å². The van der Waals surface area contributed by atoms with Crippen molar-refractivity contribution in [1.29, 1.82) is 0 Å². The standard InChI is InChI=1S/C26H28N6O2S2/c1-5-32-23(17(3)27-24(34)20-13-9-10-16(2)14-20)30-31-26(32)35-15-21(33)28-25-29-22(18(4)36-25)19-11-7-6-8-12-19/h6-14,17H,5,15H2,1-4H3,(H,27,34)(H,28,29,33)/t17-/m0/s1. The van der Waals surface area contributed by atoms with Gasteiger partial charge in [-0.1, -0.05) is 59.8 Å². The number of aryl methyl sites for hydroxylation is 2. The Hall–Kier alpha value is -3.50. The molecule has 0 saturated heterocycles. The highest BCUT2D eigenvalue weighted by molar-refractivity contribution is 7.99. The molecule has 0 aliphatic carbocycles. The lowest BCUT2D eigenvalue weighted by atomic mass is 10.1. The first kappa shape index (κ1) is 25.6. The molecule has 4 rings (SSSR count). The Bertz CT molecular complexity index is 1370. The Morgan fingerprint density at radius 3 is 2.58 bits per heavy atom. The van der Waals surface area contributed by atoms with Crippen LogP contribution < -0.4 is 10.6 Å². The first-order valence-electron chi connectivity index (χ1n) is 11.6. The van der Waals surface area contributed by atoms with Crippen LogP contribution in [-0.4, -0.2) is 37.3 Å². The summed E-state index contributed by atoms with van der Waals surface area (Å²) in [5.41, 5.74) is 3.52. The number of carbonyl (C=O) groups is 2. The van der Waals surface area contributed by atoms with Crippen molar-refractivity contribution in [2.45, 2.75) is 45.4 Å². The van der Waals surface area contributed by atoms with Gasteiger partial charge in [-0.15, -0.1) is 21.5 Å². The number of hydrogen-bond acceptors (Lipinski definition) is 7. The van der Waals surface area contributed by atoms with Crippen molar-refractivity contribution in [3.8, 4) is 11.3 Å². The molecule has 2 heterocycles. The maximum Gasteiger partial charge on any atom is 0.251 e. The van der Waals surface area contributed by atoms with Gasteiger partial charge in [-0.3, -0.25) is 9.59 Å². The van der Waals surface area contributed by atoms with Gasteiger partial charge in [-0.2, -0.15) is 0 Å². The van der Waals surface area contributed by atoms with Crippen molar-refractivity contribution in [3.05, 3.63) is 76.4 Å². The van der Waals surface area contributed by atoms with Gasteiger partial charge in [-0.25, -0.2) is 4.98 Å². The molecule has 1 atom stereocenters. The Labute approximate surface area is 218 Å². The van der Waals surface area contributed by atoms with E-state index in [4.69, 9.17) is 0 Å². The lowest BCUT2D eigenvalue weighted by Crippen LogP contribution is -2.28. The number of rotatable bonds is 9. The zero-order valence-corrected chi connectivity index (χ0v) is 22.2. The van der Waals surface area contributed by atoms with Gasteiger partial charge in [0.2, 0.25) is 5.91 Å². The molecule has 0 radical (unpaired) electrons. The van der Waals surface area contributed by atoms with E-state index in [9.17, 15) is 9.59 Å². The second-order valence-corrected chi connectivity index (χ2v) is 10.4. The van der Waals surface area contributed by atoms with Crippen LogP contribution in [0.3, 0.4) is 0 Å². The molecule has 36 heavy (non-hydrogen) atoms. The van der Waals surface area contributed by atoms with E-state index in [2.05, 4.69) is 25.8 Å². The van der Waals surface area contributed by atoms with Gasteiger partial charge < -0.3 is 15.2 Å². The van der Waals surface area contributed by atoms with Crippen LogP contribution >= 0.6 is 23.1 Å². The van der Waals surface area contributed by atoms with E-state index >= 15 is 0 Å². The first-order chi connectivity index (χ1) is 17.4. The monoisotopic (exact) mass is 520 g/mol. The van der Waals surface area contributed by atoms with Crippen molar-refractivity contribution in [2.75, 3.05) is 11.1 Å². The zero-order valence-electron chi connectivity index (χ0n) is 20.6. The van der Waals surface area contributed by atoms with Crippen LogP contribution in [0.5, 0.6) is 0 Å². The lowest BCUT2D eigenvalue weighted by molar-refractivity contribution is -0.113. The van der Waals surface area contributed by atoms with Crippen molar-refractivity contribution in [2.24, 2.45) is 0 Å². The highest BCUT2D eigenvalue weighted by Gasteiger charge is 2.20. The summed E-state index contributed by atoms with van der Waals surface area (Å²) in [6, 6.07) is 17.0. The fourth-order valence-electron chi connectivity index (χ4n) is 3.75. The van der Waals surface area contributed by atoms with Crippen molar-refractivity contribution >= 4 is 40.0 Å². The van der Waals surface area contributed by atoms with Crippen LogP contribution in [0.1, 0.15) is 46.5 Å². The maximum atomic E-state index is 12.7. The fourth-order valence-corrected chi connectivity index (χ4v) is 5.42. The predicted molar refractivity (Wildman–Crippen MR) is 144 cm³/mol. The molecule has 0 spiro atoms. The molecule has 2 amide bonds. The molecule has 186 valence electrons. The summed E-state index contributed by atoms with van der Waals surface area (Å²) >= 11 is 2.76. The largest absolute Gasteiger partial charge is 0.342 e.